The molecule has 0 N–H and O–H groups in total. The summed E-state index contributed by atoms with van der Waals surface area (Å²) in [6, 6.07) is 28.6. The Balaban J connectivity index is 2.07. The summed E-state index contributed by atoms with van der Waals surface area (Å²) in [5.74, 6) is 0. The van der Waals surface area contributed by atoms with Gasteiger partial charge in [0.1, 0.15) is 0 Å². The first-order valence-electron chi connectivity index (χ1n) is 7.69. The zero-order valence-electron chi connectivity index (χ0n) is 13.2. The van der Waals surface area contributed by atoms with Crippen molar-refractivity contribution in [3.05, 3.63) is 108 Å². The van der Waals surface area contributed by atoms with Gasteiger partial charge in [-0.2, -0.15) is 0 Å². The van der Waals surface area contributed by atoms with Gasteiger partial charge >= 0.3 is 0 Å². The van der Waals surface area contributed by atoms with E-state index in [0.717, 1.165) is 28.1 Å². The molecule has 1 heteroatoms. The fourth-order valence-corrected chi connectivity index (χ4v) is 2.43. The molecular weight excluding hydrogens is 278 g/mol. The molecule has 0 fully saturated rings. The summed E-state index contributed by atoms with van der Waals surface area (Å²) < 4.78 is 0. The van der Waals surface area contributed by atoms with E-state index in [4.69, 9.17) is 4.99 Å². The standard InChI is InChI=1S/C22H19N/c1-17-13-15-19(16-14-17)18(2)22(20-9-5-3-6-10-20)23-21-11-7-4-8-12-21/h3-16H,2H2,1H3. The molecule has 3 aromatic rings. The number of hydrogen-bond acceptors (Lipinski definition) is 1. The van der Waals surface area contributed by atoms with E-state index in [9.17, 15) is 0 Å². The third kappa shape index (κ3) is 3.64. The highest BCUT2D eigenvalue weighted by Crippen LogP contribution is 2.23. The highest BCUT2D eigenvalue weighted by Gasteiger charge is 2.10. The second kappa shape index (κ2) is 6.89. The van der Waals surface area contributed by atoms with E-state index in [-0.39, 0.29) is 0 Å². The predicted octanol–water partition coefficient (Wildman–Crippen LogP) is 5.83. The van der Waals surface area contributed by atoms with E-state index < -0.39 is 0 Å². The fourth-order valence-electron chi connectivity index (χ4n) is 2.43. The maximum Gasteiger partial charge on any atom is 0.0781 e. The molecule has 0 heterocycles. The fraction of sp³-hybridized carbons (Fsp3) is 0.0455. The van der Waals surface area contributed by atoms with Crippen LogP contribution in [0.1, 0.15) is 16.7 Å². The number of aryl methyl sites for hydroxylation is 1. The third-order valence-electron chi connectivity index (χ3n) is 3.73. The van der Waals surface area contributed by atoms with E-state index >= 15 is 0 Å². The van der Waals surface area contributed by atoms with Gasteiger partial charge in [0.05, 0.1) is 11.4 Å². The molecule has 0 aliphatic rings. The number of benzene rings is 3. The molecule has 3 aromatic carbocycles. The van der Waals surface area contributed by atoms with Crippen LogP contribution in [0, 0.1) is 6.92 Å². The highest BCUT2D eigenvalue weighted by molar-refractivity contribution is 6.31. The van der Waals surface area contributed by atoms with Crippen molar-refractivity contribution in [2.24, 2.45) is 4.99 Å². The summed E-state index contributed by atoms with van der Waals surface area (Å²) in [5.41, 5.74) is 6.17. The monoisotopic (exact) mass is 297 g/mol. The number of allylic oxidation sites excluding steroid dienone is 1. The Kier molecular flexibility index (Phi) is 4.49. The number of rotatable bonds is 4. The molecule has 23 heavy (non-hydrogen) atoms. The van der Waals surface area contributed by atoms with Gasteiger partial charge in [-0.15, -0.1) is 0 Å². The van der Waals surface area contributed by atoms with Crippen LogP contribution in [0.15, 0.2) is 96.5 Å². The first kappa shape index (κ1) is 15.0. The number of para-hydroxylation sites is 1. The Morgan fingerprint density at radius 1 is 0.696 bits per heavy atom. The van der Waals surface area contributed by atoms with Crippen LogP contribution in [0.4, 0.5) is 5.69 Å². The van der Waals surface area contributed by atoms with Crippen LogP contribution in [0.2, 0.25) is 0 Å². The second-order valence-electron chi connectivity index (χ2n) is 5.51. The molecule has 0 saturated heterocycles. The second-order valence-corrected chi connectivity index (χ2v) is 5.51. The van der Waals surface area contributed by atoms with Crippen molar-refractivity contribution in [3.8, 4) is 0 Å². The van der Waals surface area contributed by atoms with Crippen LogP contribution < -0.4 is 0 Å². The minimum Gasteiger partial charge on any atom is -0.248 e. The lowest BCUT2D eigenvalue weighted by Crippen LogP contribution is -2.03. The van der Waals surface area contributed by atoms with Crippen LogP contribution in [-0.4, -0.2) is 5.71 Å². The van der Waals surface area contributed by atoms with Crippen molar-refractivity contribution in [2.75, 3.05) is 0 Å². The molecule has 0 atom stereocenters. The summed E-state index contributed by atoms with van der Waals surface area (Å²) in [7, 11) is 0. The summed E-state index contributed by atoms with van der Waals surface area (Å²) >= 11 is 0. The van der Waals surface area contributed by atoms with Gasteiger partial charge in [0, 0.05) is 11.1 Å². The maximum atomic E-state index is 4.84. The maximum absolute atomic E-state index is 4.84. The quantitative estimate of drug-likeness (QED) is 0.537. The van der Waals surface area contributed by atoms with Crippen molar-refractivity contribution in [2.45, 2.75) is 6.92 Å². The molecule has 1 nitrogen and oxygen atoms in total. The summed E-state index contributed by atoms with van der Waals surface area (Å²) in [5, 5.41) is 0. The van der Waals surface area contributed by atoms with Gasteiger partial charge in [-0.25, -0.2) is 4.99 Å². The third-order valence-corrected chi connectivity index (χ3v) is 3.73. The molecule has 0 spiro atoms. The SMILES string of the molecule is C=C(C(=Nc1ccccc1)c1ccccc1)c1ccc(C)cc1. The first-order valence-corrected chi connectivity index (χ1v) is 7.69. The van der Waals surface area contributed by atoms with Crippen molar-refractivity contribution >= 4 is 17.0 Å². The molecule has 112 valence electrons. The van der Waals surface area contributed by atoms with Crippen LogP contribution in [0.5, 0.6) is 0 Å². The largest absolute Gasteiger partial charge is 0.248 e. The molecule has 0 aliphatic carbocycles. The van der Waals surface area contributed by atoms with E-state index in [1.54, 1.807) is 0 Å². The van der Waals surface area contributed by atoms with Gasteiger partial charge in [0.15, 0.2) is 0 Å². The summed E-state index contributed by atoms with van der Waals surface area (Å²) in [6.07, 6.45) is 0. The smallest absolute Gasteiger partial charge is 0.0781 e. The molecule has 0 amide bonds. The minimum absolute atomic E-state index is 0.903. The van der Waals surface area contributed by atoms with Crippen molar-refractivity contribution in [3.63, 3.8) is 0 Å². The Hall–Kier alpha value is -2.93. The van der Waals surface area contributed by atoms with Crippen LogP contribution in [0.3, 0.4) is 0 Å². The molecule has 0 aliphatic heterocycles. The predicted molar refractivity (Wildman–Crippen MR) is 99.3 cm³/mol. The molecule has 3 rings (SSSR count). The molecule has 0 saturated carbocycles. The van der Waals surface area contributed by atoms with Gasteiger partial charge in [0.2, 0.25) is 0 Å². The van der Waals surface area contributed by atoms with Gasteiger partial charge in [-0.1, -0.05) is 84.9 Å². The molecule has 0 bridgehead atoms. The Bertz CT molecular complexity index is 813. The molecule has 0 aromatic heterocycles. The number of aliphatic imine (C=N–C) groups is 1. The molecule has 0 radical (unpaired) electrons. The normalized spacial score (nSPS) is 11.3. The van der Waals surface area contributed by atoms with Gasteiger partial charge in [-0.05, 0) is 24.6 Å². The Morgan fingerprint density at radius 3 is 1.87 bits per heavy atom. The Morgan fingerprint density at radius 2 is 1.26 bits per heavy atom. The van der Waals surface area contributed by atoms with Crippen molar-refractivity contribution < 1.29 is 0 Å². The average molecular weight is 297 g/mol. The zero-order chi connectivity index (χ0) is 16.1. The molecular formula is C22H19N. The lowest BCUT2D eigenvalue weighted by Gasteiger charge is -2.11. The first-order chi connectivity index (χ1) is 11.2. The van der Waals surface area contributed by atoms with Crippen molar-refractivity contribution in [1.29, 1.82) is 0 Å². The van der Waals surface area contributed by atoms with E-state index in [1.165, 1.54) is 5.56 Å². The number of nitrogens with zero attached hydrogens (tertiary/aromatic N) is 1. The lowest BCUT2D eigenvalue weighted by atomic mass is 9.96. The zero-order valence-corrected chi connectivity index (χ0v) is 13.2. The van der Waals surface area contributed by atoms with Crippen molar-refractivity contribution in [1.82, 2.24) is 0 Å². The number of hydrogen-bond donors (Lipinski definition) is 0. The van der Waals surface area contributed by atoms with Crippen LogP contribution in [0.25, 0.3) is 5.57 Å². The molecule has 0 unspecified atom stereocenters. The van der Waals surface area contributed by atoms with E-state index in [2.05, 4.69) is 49.9 Å². The van der Waals surface area contributed by atoms with E-state index in [0.29, 0.717) is 0 Å². The van der Waals surface area contributed by atoms with Gasteiger partial charge in [0.25, 0.3) is 0 Å². The minimum atomic E-state index is 0.903. The summed E-state index contributed by atoms with van der Waals surface area (Å²) in [4.78, 5) is 4.84. The van der Waals surface area contributed by atoms with Gasteiger partial charge < -0.3 is 0 Å². The topological polar surface area (TPSA) is 12.4 Å². The van der Waals surface area contributed by atoms with Crippen LogP contribution in [-0.2, 0) is 0 Å². The highest BCUT2D eigenvalue weighted by atomic mass is 14.7. The Labute approximate surface area is 137 Å². The van der Waals surface area contributed by atoms with E-state index in [1.807, 2.05) is 48.5 Å². The van der Waals surface area contributed by atoms with Gasteiger partial charge in [-0.3, -0.25) is 0 Å². The lowest BCUT2D eigenvalue weighted by molar-refractivity contribution is 1.45. The average Bonchev–Trinajstić information content (AvgIpc) is 2.61. The summed E-state index contributed by atoms with van der Waals surface area (Å²) in [6.45, 7) is 6.38. The van der Waals surface area contributed by atoms with Crippen LogP contribution >= 0.6 is 0 Å².